The van der Waals surface area contributed by atoms with Crippen LogP contribution in [0.3, 0.4) is 0 Å². The van der Waals surface area contributed by atoms with Crippen LogP contribution in [0, 0.1) is 16.7 Å². The lowest BCUT2D eigenvalue weighted by Crippen LogP contribution is -2.34. The fourth-order valence-electron chi connectivity index (χ4n) is 3.38. The predicted molar refractivity (Wildman–Crippen MR) is 125 cm³/mol. The molecule has 158 valence electrons. The first kappa shape index (κ1) is 20.1. The van der Waals surface area contributed by atoms with Gasteiger partial charge in [0.25, 0.3) is 0 Å². The van der Waals surface area contributed by atoms with E-state index in [9.17, 15) is 10.1 Å². The zero-order valence-electron chi connectivity index (χ0n) is 17.2. The fraction of sp³-hybridized carbons (Fsp3) is 0.208. The highest BCUT2D eigenvalue weighted by Crippen LogP contribution is 2.44. The summed E-state index contributed by atoms with van der Waals surface area (Å²) < 4.78 is 0. The quantitative estimate of drug-likeness (QED) is 0.445. The predicted octanol–water partition coefficient (Wildman–Crippen LogP) is 4.25. The second-order valence-electron chi connectivity index (χ2n) is 7.83. The summed E-state index contributed by atoms with van der Waals surface area (Å²) in [6.07, 6.45) is 3.39. The van der Waals surface area contributed by atoms with E-state index >= 15 is 0 Å². The average Bonchev–Trinajstić information content (AvgIpc) is 3.51. The van der Waals surface area contributed by atoms with Crippen LogP contribution in [-0.4, -0.2) is 33.9 Å². The number of carbonyl (C=O) groups excluding carboxylic acids is 1. The summed E-state index contributed by atoms with van der Waals surface area (Å²) in [5.74, 6) is 0.922. The maximum Gasteiger partial charge on any atom is 0.239 e. The van der Waals surface area contributed by atoms with Crippen molar-refractivity contribution in [2.45, 2.75) is 12.8 Å². The van der Waals surface area contributed by atoms with Crippen molar-refractivity contribution in [1.29, 1.82) is 5.26 Å². The molecule has 32 heavy (non-hydrogen) atoms. The highest BCUT2D eigenvalue weighted by atomic mass is 32.1. The summed E-state index contributed by atoms with van der Waals surface area (Å²) in [6.45, 7) is 0.449. The fourth-order valence-corrected chi connectivity index (χ4v) is 4.42. The first-order chi connectivity index (χ1) is 15.7. The van der Waals surface area contributed by atoms with Crippen LogP contribution in [0.15, 0.2) is 60.8 Å². The number of nitrogens with zero attached hydrogens (tertiary/aromatic N) is 4. The maximum absolute atomic E-state index is 12.4. The van der Waals surface area contributed by atoms with Gasteiger partial charge in [-0.15, -0.1) is 11.3 Å². The van der Waals surface area contributed by atoms with Crippen LogP contribution in [0.25, 0.3) is 32.2 Å². The number of fused-ring (bicyclic) bond motifs is 1. The molecule has 2 N–H and O–H groups in total. The number of carbonyl (C=O) groups is 1. The number of nitriles is 1. The van der Waals surface area contributed by atoms with Crippen molar-refractivity contribution in [3.8, 4) is 28.0 Å². The largest absolute Gasteiger partial charge is 0.360 e. The summed E-state index contributed by atoms with van der Waals surface area (Å²) in [5, 5.41) is 16.1. The first-order valence-corrected chi connectivity index (χ1v) is 11.2. The average molecular weight is 441 g/mol. The number of thiophene rings is 1. The van der Waals surface area contributed by atoms with Crippen LogP contribution < -0.4 is 10.6 Å². The normalized spacial score (nSPS) is 14.0. The molecule has 0 spiro atoms. The van der Waals surface area contributed by atoms with Gasteiger partial charge in [0.05, 0.1) is 23.4 Å². The van der Waals surface area contributed by atoms with Gasteiger partial charge in [0.1, 0.15) is 16.3 Å². The van der Waals surface area contributed by atoms with Gasteiger partial charge in [0.2, 0.25) is 5.91 Å². The molecule has 0 unspecified atom stereocenters. The number of hydrogen-bond acceptors (Lipinski definition) is 7. The van der Waals surface area contributed by atoms with E-state index in [2.05, 4.69) is 38.8 Å². The van der Waals surface area contributed by atoms with Gasteiger partial charge in [-0.2, -0.15) is 5.26 Å². The Morgan fingerprint density at radius 2 is 1.94 bits per heavy atom. The Kier molecular flexibility index (Phi) is 5.25. The Balaban J connectivity index is 1.44. The van der Waals surface area contributed by atoms with Crippen molar-refractivity contribution >= 4 is 33.3 Å². The number of pyridine rings is 1. The maximum atomic E-state index is 12.4. The lowest BCUT2D eigenvalue weighted by molar-refractivity contribution is -0.119. The summed E-state index contributed by atoms with van der Waals surface area (Å²) in [7, 11) is 0. The number of anilines is 1. The molecule has 3 heterocycles. The van der Waals surface area contributed by atoms with Crippen molar-refractivity contribution in [2.24, 2.45) is 5.41 Å². The minimum absolute atomic E-state index is 0.0613. The van der Waals surface area contributed by atoms with Gasteiger partial charge in [0.15, 0.2) is 5.82 Å². The molecule has 1 saturated carbocycles. The number of benzene rings is 1. The van der Waals surface area contributed by atoms with Gasteiger partial charge >= 0.3 is 0 Å². The zero-order valence-corrected chi connectivity index (χ0v) is 18.0. The molecule has 4 aromatic rings. The molecular weight excluding hydrogens is 420 g/mol. The third-order valence-corrected chi connectivity index (χ3v) is 6.55. The Bertz CT molecular complexity index is 1310. The molecule has 1 aliphatic carbocycles. The van der Waals surface area contributed by atoms with Crippen molar-refractivity contribution < 1.29 is 4.79 Å². The first-order valence-electron chi connectivity index (χ1n) is 10.4. The van der Waals surface area contributed by atoms with Crippen LogP contribution in [0.1, 0.15) is 12.8 Å². The molecule has 0 atom stereocenters. The van der Waals surface area contributed by atoms with E-state index in [1.807, 2.05) is 42.5 Å². The second kappa shape index (κ2) is 8.36. The summed E-state index contributed by atoms with van der Waals surface area (Å²) in [6, 6.07) is 20.0. The van der Waals surface area contributed by atoms with E-state index in [-0.39, 0.29) is 17.9 Å². The van der Waals surface area contributed by atoms with Crippen LogP contribution in [-0.2, 0) is 4.79 Å². The minimum Gasteiger partial charge on any atom is -0.360 e. The van der Waals surface area contributed by atoms with E-state index in [4.69, 9.17) is 4.98 Å². The second-order valence-corrected chi connectivity index (χ2v) is 8.86. The van der Waals surface area contributed by atoms with Gasteiger partial charge in [0, 0.05) is 17.6 Å². The van der Waals surface area contributed by atoms with E-state index < -0.39 is 0 Å². The third kappa shape index (κ3) is 4.15. The molecule has 1 aliphatic rings. The number of amides is 1. The SMILES string of the molecule is N#CC1(CNC(=O)CNc2nc(-c3ccccn3)nc3sc(-c4ccccc4)cc23)CC1. The van der Waals surface area contributed by atoms with Gasteiger partial charge in [-0.3, -0.25) is 9.78 Å². The smallest absolute Gasteiger partial charge is 0.239 e. The molecule has 0 radical (unpaired) electrons. The number of nitrogens with one attached hydrogen (secondary N) is 2. The standard InChI is InChI=1S/C24H20N6OS/c25-14-24(9-10-24)15-28-20(31)13-27-21-17-12-19(16-6-2-1-3-7-16)32-23(17)30-22(29-21)18-8-4-5-11-26-18/h1-8,11-12H,9-10,13,15H2,(H,28,31)(H,27,29,30). The number of rotatable bonds is 7. The summed E-state index contributed by atoms with van der Waals surface area (Å²) >= 11 is 1.58. The Labute approximate surface area is 189 Å². The van der Waals surface area contributed by atoms with Crippen LogP contribution >= 0.6 is 11.3 Å². The number of aromatic nitrogens is 3. The van der Waals surface area contributed by atoms with Crippen LogP contribution in [0.4, 0.5) is 5.82 Å². The van der Waals surface area contributed by atoms with Crippen molar-refractivity contribution in [1.82, 2.24) is 20.3 Å². The van der Waals surface area contributed by atoms with E-state index in [1.54, 1.807) is 17.5 Å². The molecule has 3 aromatic heterocycles. The molecule has 5 rings (SSSR count). The lowest BCUT2D eigenvalue weighted by atomic mass is 10.1. The molecule has 7 nitrogen and oxygen atoms in total. The van der Waals surface area contributed by atoms with Crippen molar-refractivity contribution in [3.05, 3.63) is 60.8 Å². The highest BCUT2D eigenvalue weighted by molar-refractivity contribution is 7.21. The topological polar surface area (TPSA) is 104 Å². The molecule has 1 amide bonds. The van der Waals surface area contributed by atoms with Gasteiger partial charge in [-0.25, -0.2) is 9.97 Å². The van der Waals surface area contributed by atoms with Crippen LogP contribution in [0.5, 0.6) is 0 Å². The van der Waals surface area contributed by atoms with Crippen molar-refractivity contribution in [2.75, 3.05) is 18.4 Å². The Morgan fingerprint density at radius 3 is 2.66 bits per heavy atom. The Hall–Kier alpha value is -3.83. The highest BCUT2D eigenvalue weighted by Gasteiger charge is 2.43. The minimum atomic E-state index is -0.373. The molecule has 0 saturated heterocycles. The Morgan fingerprint density at radius 1 is 1.12 bits per heavy atom. The molecular formula is C24H20N6OS. The van der Waals surface area contributed by atoms with E-state index in [0.717, 1.165) is 33.5 Å². The molecule has 1 aromatic carbocycles. The van der Waals surface area contributed by atoms with Gasteiger partial charge in [-0.1, -0.05) is 36.4 Å². The molecule has 0 bridgehead atoms. The third-order valence-electron chi connectivity index (χ3n) is 5.48. The lowest BCUT2D eigenvalue weighted by Gasteiger charge is -2.11. The van der Waals surface area contributed by atoms with Crippen molar-refractivity contribution in [3.63, 3.8) is 0 Å². The number of hydrogen-bond donors (Lipinski definition) is 2. The molecule has 8 heteroatoms. The van der Waals surface area contributed by atoms with E-state index in [1.165, 1.54) is 0 Å². The summed E-state index contributed by atoms with van der Waals surface area (Å²) in [4.78, 5) is 28.1. The van der Waals surface area contributed by atoms with Gasteiger partial charge < -0.3 is 10.6 Å². The molecule has 0 aliphatic heterocycles. The zero-order chi connectivity index (χ0) is 22.0. The van der Waals surface area contributed by atoms with E-state index in [0.29, 0.717) is 23.9 Å². The van der Waals surface area contributed by atoms with Crippen LogP contribution in [0.2, 0.25) is 0 Å². The summed E-state index contributed by atoms with van der Waals surface area (Å²) in [5.41, 5.74) is 1.40. The van der Waals surface area contributed by atoms with Gasteiger partial charge in [-0.05, 0) is 36.6 Å². The molecule has 1 fully saturated rings. The monoisotopic (exact) mass is 440 g/mol.